The van der Waals surface area contributed by atoms with Gasteiger partial charge in [-0.2, -0.15) is 10.4 Å². The molecule has 0 atom stereocenters. The summed E-state index contributed by atoms with van der Waals surface area (Å²) in [5.74, 6) is 0.717. The van der Waals surface area contributed by atoms with Crippen molar-refractivity contribution in [3.8, 4) is 11.8 Å². The third kappa shape index (κ3) is 4.78. The SMILES string of the molecule is Cn1ncc(C#N)c1NC(=O)/C=C/c1ccc(OCc2ccccc2Cl)cc1. The summed E-state index contributed by atoms with van der Waals surface area (Å²) in [6.45, 7) is 0.378. The second-order valence-electron chi connectivity index (χ2n) is 5.91. The number of nitrogens with one attached hydrogen (secondary N) is 1. The van der Waals surface area contributed by atoms with Gasteiger partial charge in [-0.1, -0.05) is 41.9 Å². The molecule has 1 amide bonds. The summed E-state index contributed by atoms with van der Waals surface area (Å²) in [5.41, 5.74) is 2.06. The average Bonchev–Trinajstić information content (AvgIpc) is 3.06. The number of carbonyl (C=O) groups is 1. The number of amides is 1. The molecule has 1 N–H and O–H groups in total. The Morgan fingerprint density at radius 1 is 1.29 bits per heavy atom. The molecule has 0 unspecified atom stereocenters. The largest absolute Gasteiger partial charge is 0.489 e. The van der Waals surface area contributed by atoms with Crippen molar-refractivity contribution in [2.24, 2.45) is 7.05 Å². The molecule has 140 valence electrons. The maximum Gasteiger partial charge on any atom is 0.249 e. The monoisotopic (exact) mass is 392 g/mol. The highest BCUT2D eigenvalue weighted by molar-refractivity contribution is 6.31. The van der Waals surface area contributed by atoms with Crippen molar-refractivity contribution < 1.29 is 9.53 Å². The highest BCUT2D eigenvalue weighted by atomic mass is 35.5. The molecule has 3 rings (SSSR count). The number of ether oxygens (including phenoxy) is 1. The molecule has 0 spiro atoms. The molecule has 3 aromatic rings. The van der Waals surface area contributed by atoms with Crippen molar-refractivity contribution in [2.75, 3.05) is 5.32 Å². The third-order valence-electron chi connectivity index (χ3n) is 3.96. The lowest BCUT2D eigenvalue weighted by atomic mass is 10.2. The Hall–Kier alpha value is -3.56. The molecule has 1 heterocycles. The molecule has 0 saturated carbocycles. The van der Waals surface area contributed by atoms with Crippen molar-refractivity contribution in [1.29, 1.82) is 5.26 Å². The Morgan fingerprint density at radius 3 is 2.75 bits per heavy atom. The van der Waals surface area contributed by atoms with E-state index in [4.69, 9.17) is 21.6 Å². The van der Waals surface area contributed by atoms with Gasteiger partial charge in [-0.15, -0.1) is 0 Å². The van der Waals surface area contributed by atoms with E-state index in [1.54, 1.807) is 13.1 Å². The molecular weight excluding hydrogens is 376 g/mol. The van der Waals surface area contributed by atoms with Gasteiger partial charge in [0.25, 0.3) is 0 Å². The van der Waals surface area contributed by atoms with Crippen LogP contribution < -0.4 is 10.1 Å². The van der Waals surface area contributed by atoms with Gasteiger partial charge in [0.2, 0.25) is 5.91 Å². The van der Waals surface area contributed by atoms with Crippen LogP contribution in [-0.4, -0.2) is 15.7 Å². The zero-order valence-corrected chi connectivity index (χ0v) is 15.8. The lowest BCUT2D eigenvalue weighted by Gasteiger charge is -2.08. The number of hydrogen-bond donors (Lipinski definition) is 1. The molecule has 0 bridgehead atoms. The van der Waals surface area contributed by atoms with Crippen molar-refractivity contribution in [1.82, 2.24) is 9.78 Å². The summed E-state index contributed by atoms with van der Waals surface area (Å²) in [6, 6.07) is 16.8. The summed E-state index contributed by atoms with van der Waals surface area (Å²) in [7, 11) is 1.65. The Bertz CT molecular complexity index is 1050. The van der Waals surface area contributed by atoms with E-state index in [-0.39, 0.29) is 5.91 Å². The first-order valence-corrected chi connectivity index (χ1v) is 8.82. The van der Waals surface area contributed by atoms with Crippen LogP contribution >= 0.6 is 11.6 Å². The Kier molecular flexibility index (Phi) is 6.10. The maximum atomic E-state index is 12.1. The van der Waals surface area contributed by atoms with Crippen LogP contribution in [-0.2, 0) is 18.4 Å². The highest BCUT2D eigenvalue weighted by Gasteiger charge is 2.09. The smallest absolute Gasteiger partial charge is 0.249 e. The quantitative estimate of drug-likeness (QED) is 0.638. The molecule has 6 nitrogen and oxygen atoms in total. The van der Waals surface area contributed by atoms with Crippen LogP contribution in [0.3, 0.4) is 0 Å². The van der Waals surface area contributed by atoms with Gasteiger partial charge in [0.15, 0.2) is 0 Å². The molecule has 28 heavy (non-hydrogen) atoms. The van der Waals surface area contributed by atoms with Gasteiger partial charge in [-0.25, -0.2) is 0 Å². The molecule has 0 aliphatic rings. The number of hydrogen-bond acceptors (Lipinski definition) is 4. The number of aromatic nitrogens is 2. The predicted molar refractivity (Wildman–Crippen MR) is 108 cm³/mol. The lowest BCUT2D eigenvalue weighted by molar-refractivity contribution is -0.111. The summed E-state index contributed by atoms with van der Waals surface area (Å²) >= 11 is 6.12. The second-order valence-corrected chi connectivity index (χ2v) is 6.32. The number of nitrogens with zero attached hydrogens (tertiary/aromatic N) is 3. The number of rotatable bonds is 6. The van der Waals surface area contributed by atoms with Gasteiger partial charge in [-0.05, 0) is 29.8 Å². The minimum atomic E-state index is -0.348. The fourth-order valence-electron chi connectivity index (χ4n) is 2.45. The minimum Gasteiger partial charge on any atom is -0.489 e. The summed E-state index contributed by atoms with van der Waals surface area (Å²) in [5, 5.41) is 16.3. The standard InChI is InChI=1S/C21H17ClN4O2/c1-26-21(17(12-23)13-24-26)25-20(27)11-8-15-6-9-18(10-7-15)28-14-16-4-2-3-5-19(16)22/h2-11,13H,14H2,1H3,(H,25,27)/b11-8+. The molecule has 7 heteroatoms. The zero-order valence-electron chi connectivity index (χ0n) is 15.1. The normalized spacial score (nSPS) is 10.6. The van der Waals surface area contributed by atoms with Crippen LogP contribution in [0, 0.1) is 11.3 Å². The molecular formula is C21H17ClN4O2. The first-order valence-electron chi connectivity index (χ1n) is 8.44. The molecule has 0 fully saturated rings. The average molecular weight is 393 g/mol. The van der Waals surface area contributed by atoms with Crippen LogP contribution in [0.15, 0.2) is 60.8 Å². The van der Waals surface area contributed by atoms with Gasteiger partial charge in [0, 0.05) is 23.7 Å². The number of nitriles is 1. The van der Waals surface area contributed by atoms with Crippen molar-refractivity contribution in [3.05, 3.63) is 82.5 Å². The van der Waals surface area contributed by atoms with Gasteiger partial charge in [0.1, 0.15) is 29.8 Å². The minimum absolute atomic E-state index is 0.310. The van der Waals surface area contributed by atoms with Gasteiger partial charge >= 0.3 is 0 Å². The third-order valence-corrected chi connectivity index (χ3v) is 4.33. The lowest BCUT2D eigenvalue weighted by Crippen LogP contribution is -2.12. The van der Waals surface area contributed by atoms with E-state index >= 15 is 0 Å². The van der Waals surface area contributed by atoms with Gasteiger partial charge in [-0.3, -0.25) is 9.48 Å². The van der Waals surface area contributed by atoms with Crippen LogP contribution in [0.25, 0.3) is 6.08 Å². The first-order chi connectivity index (χ1) is 13.6. The Morgan fingerprint density at radius 2 is 2.04 bits per heavy atom. The zero-order chi connectivity index (χ0) is 19.9. The molecule has 0 radical (unpaired) electrons. The molecule has 0 aliphatic heterocycles. The highest BCUT2D eigenvalue weighted by Crippen LogP contribution is 2.19. The van der Waals surface area contributed by atoms with Crippen molar-refractivity contribution >= 4 is 29.4 Å². The Balaban J connectivity index is 1.57. The van der Waals surface area contributed by atoms with E-state index in [0.29, 0.717) is 28.8 Å². The number of halogens is 1. The Labute approximate surface area is 167 Å². The van der Waals surface area contributed by atoms with Crippen LogP contribution in [0.5, 0.6) is 5.75 Å². The fraction of sp³-hybridized carbons (Fsp3) is 0.0952. The summed E-state index contributed by atoms with van der Waals surface area (Å²) < 4.78 is 7.17. The van der Waals surface area contributed by atoms with Gasteiger partial charge < -0.3 is 10.1 Å². The van der Waals surface area contributed by atoms with Gasteiger partial charge in [0.05, 0.1) is 6.20 Å². The number of anilines is 1. The molecule has 1 aromatic heterocycles. The number of aryl methyl sites for hydroxylation is 1. The van der Waals surface area contributed by atoms with E-state index in [0.717, 1.165) is 11.1 Å². The number of benzene rings is 2. The van der Waals surface area contributed by atoms with E-state index < -0.39 is 0 Å². The van der Waals surface area contributed by atoms with Crippen LogP contribution in [0.2, 0.25) is 5.02 Å². The molecule has 0 saturated heterocycles. The molecule has 0 aliphatic carbocycles. The fourth-order valence-corrected chi connectivity index (χ4v) is 2.64. The van der Waals surface area contributed by atoms with E-state index in [2.05, 4.69) is 10.4 Å². The maximum absolute atomic E-state index is 12.1. The summed E-state index contributed by atoms with van der Waals surface area (Å²) in [6.07, 6.45) is 4.48. The van der Waals surface area contributed by atoms with Crippen LogP contribution in [0.4, 0.5) is 5.82 Å². The predicted octanol–water partition coefficient (Wildman–Crippen LogP) is 4.18. The van der Waals surface area contributed by atoms with E-state index in [1.807, 2.05) is 54.6 Å². The first kappa shape index (κ1) is 19.2. The van der Waals surface area contributed by atoms with Crippen LogP contribution in [0.1, 0.15) is 16.7 Å². The topological polar surface area (TPSA) is 79.9 Å². The van der Waals surface area contributed by atoms with E-state index in [1.165, 1.54) is 17.0 Å². The molecule has 2 aromatic carbocycles. The second kappa shape index (κ2) is 8.89. The van der Waals surface area contributed by atoms with E-state index in [9.17, 15) is 4.79 Å². The van der Waals surface area contributed by atoms with Crippen molar-refractivity contribution in [2.45, 2.75) is 6.61 Å². The summed E-state index contributed by atoms with van der Waals surface area (Å²) in [4.78, 5) is 12.1. The number of carbonyl (C=O) groups excluding carboxylic acids is 1. The van der Waals surface area contributed by atoms with Crippen molar-refractivity contribution in [3.63, 3.8) is 0 Å².